The summed E-state index contributed by atoms with van der Waals surface area (Å²) in [7, 11) is 0. The van der Waals surface area contributed by atoms with Crippen LogP contribution in [0.25, 0.3) is 0 Å². The van der Waals surface area contributed by atoms with Crippen LogP contribution in [0.3, 0.4) is 0 Å². The number of anilines is 1. The van der Waals surface area contributed by atoms with E-state index in [4.69, 9.17) is 39.5 Å². The van der Waals surface area contributed by atoms with E-state index in [1.165, 1.54) is 0 Å². The van der Waals surface area contributed by atoms with E-state index in [1.54, 1.807) is 24.3 Å². The number of carbonyl (C=O) groups is 2. The minimum Gasteiger partial charge on any atom is -0.432 e. The predicted octanol–water partition coefficient (Wildman–Crippen LogP) is 3.03. The Labute approximate surface area is 123 Å². The second kappa shape index (κ2) is 5.69. The second-order valence-electron chi connectivity index (χ2n) is 3.55. The number of amides is 2. The van der Waals surface area contributed by atoms with Crippen molar-refractivity contribution in [1.29, 1.82) is 0 Å². The molecule has 0 aliphatic carbocycles. The summed E-state index contributed by atoms with van der Waals surface area (Å²) >= 11 is 17.0. The zero-order valence-corrected chi connectivity index (χ0v) is 11.5. The van der Waals surface area contributed by atoms with E-state index >= 15 is 0 Å². The number of hydrogen-bond donors (Lipinski definition) is 2. The Morgan fingerprint density at radius 1 is 1.16 bits per heavy atom. The van der Waals surface area contributed by atoms with Crippen LogP contribution in [0.5, 0.6) is 0 Å². The van der Waals surface area contributed by atoms with Gasteiger partial charge in [0, 0.05) is 10.7 Å². The number of halogens is 3. The third-order valence-corrected chi connectivity index (χ3v) is 3.30. The van der Waals surface area contributed by atoms with Crippen LogP contribution in [0.2, 0.25) is 5.02 Å². The minimum absolute atomic E-state index is 0.0575. The molecule has 1 aliphatic rings. The largest absolute Gasteiger partial charge is 0.432 e. The molecule has 1 unspecified atom stereocenters. The van der Waals surface area contributed by atoms with Crippen LogP contribution in [0.1, 0.15) is 0 Å². The summed E-state index contributed by atoms with van der Waals surface area (Å²) < 4.78 is 4.74. The number of hydrogen-bond acceptors (Lipinski definition) is 3. The highest BCUT2D eigenvalue weighted by molar-refractivity contribution is 6.48. The van der Waals surface area contributed by atoms with Gasteiger partial charge in [-0.15, -0.1) is 0 Å². The molecule has 1 aliphatic heterocycles. The van der Waals surface area contributed by atoms with Crippen LogP contribution >= 0.6 is 34.8 Å². The fourth-order valence-electron chi connectivity index (χ4n) is 1.34. The molecule has 0 saturated carbocycles. The van der Waals surface area contributed by atoms with Crippen LogP contribution < -0.4 is 10.6 Å². The fourth-order valence-corrected chi connectivity index (χ4v) is 1.78. The molecule has 5 nitrogen and oxygen atoms in total. The molecule has 1 atom stereocenters. The summed E-state index contributed by atoms with van der Waals surface area (Å²) in [5, 5.41) is 5.13. The quantitative estimate of drug-likeness (QED) is 0.823. The molecule has 100 valence electrons. The van der Waals surface area contributed by atoms with Gasteiger partial charge in [-0.1, -0.05) is 34.8 Å². The molecule has 0 spiro atoms. The summed E-state index contributed by atoms with van der Waals surface area (Å²) in [5.74, 6) is -0.775. The van der Waals surface area contributed by atoms with Crippen LogP contribution in [-0.2, 0) is 9.53 Å². The van der Waals surface area contributed by atoms with Gasteiger partial charge in [-0.25, -0.2) is 9.59 Å². The number of cyclic esters (lactones) is 1. The monoisotopic (exact) mass is 320 g/mol. The first-order chi connectivity index (χ1) is 8.97. The van der Waals surface area contributed by atoms with Gasteiger partial charge < -0.3 is 10.1 Å². The van der Waals surface area contributed by atoms with E-state index in [9.17, 15) is 9.59 Å². The summed E-state index contributed by atoms with van der Waals surface area (Å²) in [4.78, 5) is 22.7. The molecule has 2 rings (SSSR count). The van der Waals surface area contributed by atoms with E-state index in [0.29, 0.717) is 10.7 Å². The lowest BCUT2D eigenvalue weighted by molar-refractivity contribution is -0.139. The first-order valence-corrected chi connectivity index (χ1v) is 6.20. The van der Waals surface area contributed by atoms with Gasteiger partial charge in [-0.3, -0.25) is 5.32 Å². The molecule has 0 aromatic heterocycles. The van der Waals surface area contributed by atoms with Crippen molar-refractivity contribution in [1.82, 2.24) is 5.32 Å². The number of esters is 1. The molecule has 1 heterocycles. The molecule has 2 amide bonds. The van der Waals surface area contributed by atoms with Crippen molar-refractivity contribution in [2.45, 2.75) is 6.23 Å². The first kappa shape index (κ1) is 14.0. The van der Waals surface area contributed by atoms with Gasteiger partial charge in [0.1, 0.15) is 10.1 Å². The summed E-state index contributed by atoms with van der Waals surface area (Å²) in [6.07, 6.45) is -1.08. The minimum atomic E-state index is -1.08. The van der Waals surface area contributed by atoms with E-state index in [-0.39, 0.29) is 10.1 Å². The number of rotatable bonds is 2. The lowest BCUT2D eigenvalue weighted by Gasteiger charge is -2.13. The Balaban J connectivity index is 1.96. The lowest BCUT2D eigenvalue weighted by atomic mass is 10.3. The Bertz CT molecular complexity index is 557. The standard InChI is InChI=1S/C11H7Cl3N2O3/c12-5-1-3-6(4-2-5)15-11(18)16-9-7(13)8(14)10(17)19-9/h1-4,9H,(H2,15,16,18). The summed E-state index contributed by atoms with van der Waals surface area (Å²) in [6.45, 7) is 0. The zero-order valence-electron chi connectivity index (χ0n) is 9.25. The van der Waals surface area contributed by atoms with Crippen molar-refractivity contribution in [2.24, 2.45) is 0 Å². The van der Waals surface area contributed by atoms with Crippen LogP contribution in [-0.4, -0.2) is 18.2 Å². The predicted molar refractivity (Wildman–Crippen MR) is 72.2 cm³/mol. The van der Waals surface area contributed by atoms with Crippen LogP contribution in [0.4, 0.5) is 10.5 Å². The third-order valence-electron chi connectivity index (χ3n) is 2.21. The van der Waals surface area contributed by atoms with Gasteiger partial charge in [0.2, 0.25) is 6.23 Å². The number of carbonyl (C=O) groups excluding carboxylic acids is 2. The molecule has 2 N–H and O–H groups in total. The summed E-state index contributed by atoms with van der Waals surface area (Å²) in [6, 6.07) is 5.89. The molecule has 0 bridgehead atoms. The van der Waals surface area contributed by atoms with E-state index in [2.05, 4.69) is 10.6 Å². The molecule has 1 aromatic rings. The van der Waals surface area contributed by atoms with E-state index in [1.807, 2.05) is 0 Å². The highest BCUT2D eigenvalue weighted by atomic mass is 35.5. The maximum atomic E-state index is 11.6. The highest BCUT2D eigenvalue weighted by Gasteiger charge is 2.33. The van der Waals surface area contributed by atoms with Gasteiger partial charge in [-0.2, -0.15) is 0 Å². The van der Waals surface area contributed by atoms with Crippen molar-refractivity contribution in [3.05, 3.63) is 39.4 Å². The molecule has 8 heteroatoms. The van der Waals surface area contributed by atoms with Crippen molar-refractivity contribution in [3.63, 3.8) is 0 Å². The molecule has 1 aromatic carbocycles. The van der Waals surface area contributed by atoms with Gasteiger partial charge in [0.15, 0.2) is 0 Å². The van der Waals surface area contributed by atoms with Gasteiger partial charge in [0.25, 0.3) is 0 Å². The van der Waals surface area contributed by atoms with Crippen LogP contribution in [0.15, 0.2) is 34.3 Å². The van der Waals surface area contributed by atoms with E-state index < -0.39 is 18.2 Å². The number of ether oxygens (including phenoxy) is 1. The molecule has 0 radical (unpaired) electrons. The Morgan fingerprint density at radius 2 is 1.79 bits per heavy atom. The SMILES string of the molecule is O=C(Nc1ccc(Cl)cc1)NC1OC(=O)C(Cl)=C1Cl. The van der Waals surface area contributed by atoms with Crippen LogP contribution in [0, 0.1) is 0 Å². The maximum absolute atomic E-state index is 11.6. The molecular formula is C11H7Cl3N2O3. The fraction of sp³-hybridized carbons (Fsp3) is 0.0909. The highest BCUT2D eigenvalue weighted by Crippen LogP contribution is 2.27. The number of urea groups is 1. The van der Waals surface area contributed by atoms with Crippen molar-refractivity contribution in [3.8, 4) is 0 Å². The molecule has 0 fully saturated rings. The van der Waals surface area contributed by atoms with Gasteiger partial charge >= 0.3 is 12.0 Å². The van der Waals surface area contributed by atoms with Gasteiger partial charge in [-0.05, 0) is 24.3 Å². The third kappa shape index (κ3) is 3.32. The van der Waals surface area contributed by atoms with Crippen molar-refractivity contribution < 1.29 is 14.3 Å². The molecule has 19 heavy (non-hydrogen) atoms. The lowest BCUT2D eigenvalue weighted by Crippen LogP contribution is -2.38. The van der Waals surface area contributed by atoms with Crippen molar-refractivity contribution >= 4 is 52.5 Å². The molecular weight excluding hydrogens is 314 g/mol. The Kier molecular flexibility index (Phi) is 4.19. The normalized spacial score (nSPS) is 18.3. The van der Waals surface area contributed by atoms with E-state index in [0.717, 1.165) is 0 Å². The molecule has 0 saturated heterocycles. The first-order valence-electron chi connectivity index (χ1n) is 5.06. The summed E-state index contributed by atoms with van der Waals surface area (Å²) in [5.41, 5.74) is 0.525. The maximum Gasteiger partial charge on any atom is 0.353 e. The number of benzene rings is 1. The zero-order chi connectivity index (χ0) is 14.0. The average Bonchev–Trinajstić information content (AvgIpc) is 2.60. The average molecular weight is 322 g/mol. The topological polar surface area (TPSA) is 67.4 Å². The van der Waals surface area contributed by atoms with Crippen molar-refractivity contribution in [2.75, 3.05) is 5.32 Å². The number of nitrogens with one attached hydrogen (secondary N) is 2. The van der Waals surface area contributed by atoms with Gasteiger partial charge in [0.05, 0.1) is 0 Å². The Morgan fingerprint density at radius 3 is 2.32 bits per heavy atom. The Hall–Kier alpha value is -1.43. The smallest absolute Gasteiger partial charge is 0.353 e. The second-order valence-corrected chi connectivity index (χ2v) is 4.77.